The van der Waals surface area contributed by atoms with Gasteiger partial charge in [-0.3, -0.25) is 4.79 Å². The number of H-pyrrole nitrogens is 1. The van der Waals surface area contributed by atoms with Gasteiger partial charge in [-0.05, 0) is 18.2 Å². The van der Waals surface area contributed by atoms with Gasteiger partial charge >= 0.3 is 6.18 Å². The van der Waals surface area contributed by atoms with E-state index in [2.05, 4.69) is 0 Å². The van der Waals surface area contributed by atoms with Gasteiger partial charge in [-0.1, -0.05) is 0 Å². The van der Waals surface area contributed by atoms with Gasteiger partial charge in [0.2, 0.25) is 0 Å². The maximum atomic E-state index is 13.4. The van der Waals surface area contributed by atoms with E-state index in [0.29, 0.717) is 12.1 Å². The molecule has 18 heavy (non-hydrogen) atoms. The van der Waals surface area contributed by atoms with Gasteiger partial charge in [0.25, 0.3) is 5.56 Å². The van der Waals surface area contributed by atoms with E-state index in [4.69, 9.17) is 5.26 Å². The number of nitrogens with zero attached hydrogens (tertiary/aromatic N) is 1. The molecule has 0 saturated carbocycles. The van der Waals surface area contributed by atoms with Crippen LogP contribution in [0.25, 0.3) is 10.9 Å². The van der Waals surface area contributed by atoms with Gasteiger partial charge in [0.15, 0.2) is 0 Å². The van der Waals surface area contributed by atoms with Crippen molar-refractivity contribution in [3.63, 3.8) is 0 Å². The summed E-state index contributed by atoms with van der Waals surface area (Å²) in [5.74, 6) is -1.19. The zero-order valence-electron chi connectivity index (χ0n) is 8.60. The second-order valence-electron chi connectivity index (χ2n) is 3.54. The molecule has 0 atom stereocenters. The Morgan fingerprint density at radius 3 is 2.44 bits per heavy atom. The smallest absolute Gasteiger partial charge is 0.318 e. The number of nitriles is 1. The first-order valence-corrected chi connectivity index (χ1v) is 4.67. The van der Waals surface area contributed by atoms with Crippen molar-refractivity contribution in [3.8, 4) is 6.07 Å². The highest BCUT2D eigenvalue weighted by molar-refractivity contribution is 5.81. The van der Waals surface area contributed by atoms with Crippen LogP contribution in [0.5, 0.6) is 0 Å². The van der Waals surface area contributed by atoms with E-state index >= 15 is 0 Å². The van der Waals surface area contributed by atoms with Crippen molar-refractivity contribution in [2.45, 2.75) is 6.18 Å². The first kappa shape index (κ1) is 12.1. The molecule has 1 aromatic heterocycles. The molecule has 0 radical (unpaired) electrons. The van der Waals surface area contributed by atoms with Gasteiger partial charge in [-0.15, -0.1) is 0 Å². The molecule has 1 aromatic carbocycles. The lowest BCUT2D eigenvalue weighted by Crippen LogP contribution is -2.12. The van der Waals surface area contributed by atoms with Gasteiger partial charge in [0, 0.05) is 5.39 Å². The lowest BCUT2D eigenvalue weighted by Gasteiger charge is -2.08. The molecule has 1 heterocycles. The monoisotopic (exact) mass is 256 g/mol. The molecule has 0 fully saturated rings. The molecule has 2 aromatic rings. The summed E-state index contributed by atoms with van der Waals surface area (Å²) in [4.78, 5) is 13.3. The molecular formula is C11H4F4N2O. The number of aromatic amines is 1. The number of rotatable bonds is 0. The maximum absolute atomic E-state index is 13.4. The van der Waals surface area contributed by atoms with Crippen LogP contribution in [0.2, 0.25) is 0 Å². The molecule has 0 aliphatic rings. The van der Waals surface area contributed by atoms with Crippen molar-refractivity contribution in [2.24, 2.45) is 0 Å². The van der Waals surface area contributed by atoms with Gasteiger partial charge in [-0.25, -0.2) is 4.39 Å². The molecule has 0 aliphatic heterocycles. The highest BCUT2D eigenvalue weighted by Crippen LogP contribution is 2.32. The predicted molar refractivity (Wildman–Crippen MR) is 54.2 cm³/mol. The number of nitrogens with one attached hydrogen (secondary N) is 1. The van der Waals surface area contributed by atoms with Crippen LogP contribution in [0.3, 0.4) is 0 Å². The summed E-state index contributed by atoms with van der Waals surface area (Å²) in [5, 5.41) is 8.41. The number of aromatic nitrogens is 1. The number of benzene rings is 1. The number of hydrogen-bond donors (Lipinski definition) is 1. The second kappa shape index (κ2) is 3.84. The summed E-state index contributed by atoms with van der Waals surface area (Å²) in [6.07, 6.45) is -4.70. The lowest BCUT2D eigenvalue weighted by atomic mass is 10.1. The fraction of sp³-hybridized carbons (Fsp3) is 0.0909. The molecule has 92 valence electrons. The Kier molecular flexibility index (Phi) is 2.58. The highest BCUT2D eigenvalue weighted by Gasteiger charge is 2.31. The Hall–Kier alpha value is -2.36. The number of fused-ring (bicyclic) bond motifs is 1. The first-order chi connectivity index (χ1) is 8.32. The quantitative estimate of drug-likeness (QED) is 0.736. The number of alkyl halides is 3. The summed E-state index contributed by atoms with van der Waals surface area (Å²) >= 11 is 0. The predicted octanol–water partition coefficient (Wildman–Crippen LogP) is 2.56. The van der Waals surface area contributed by atoms with Crippen LogP contribution in [-0.2, 0) is 6.18 Å². The third-order valence-corrected chi connectivity index (χ3v) is 2.35. The summed E-state index contributed by atoms with van der Waals surface area (Å²) in [6, 6.07) is 3.41. The molecule has 0 amide bonds. The van der Waals surface area contributed by atoms with E-state index < -0.39 is 23.1 Å². The molecule has 2 rings (SSSR count). The number of halogens is 4. The third-order valence-electron chi connectivity index (χ3n) is 2.35. The average Bonchev–Trinajstić information content (AvgIpc) is 2.28. The number of pyridine rings is 1. The molecule has 1 N–H and O–H groups in total. The zero-order chi connectivity index (χ0) is 13.5. The van der Waals surface area contributed by atoms with Gasteiger partial charge in [0.1, 0.15) is 17.4 Å². The maximum Gasteiger partial charge on any atom is 0.416 e. The van der Waals surface area contributed by atoms with E-state index in [-0.39, 0.29) is 16.5 Å². The second-order valence-corrected chi connectivity index (χ2v) is 3.54. The van der Waals surface area contributed by atoms with Gasteiger partial charge in [-0.2, -0.15) is 18.4 Å². The van der Waals surface area contributed by atoms with Crippen LogP contribution >= 0.6 is 0 Å². The average molecular weight is 256 g/mol. The first-order valence-electron chi connectivity index (χ1n) is 4.67. The molecule has 3 nitrogen and oxygen atoms in total. The van der Waals surface area contributed by atoms with E-state index in [1.807, 2.05) is 4.98 Å². The number of hydrogen-bond acceptors (Lipinski definition) is 2. The third kappa shape index (κ3) is 1.93. The fourth-order valence-electron chi connectivity index (χ4n) is 1.52. The fourth-order valence-corrected chi connectivity index (χ4v) is 1.52. The summed E-state index contributed by atoms with van der Waals surface area (Å²) in [7, 11) is 0. The van der Waals surface area contributed by atoms with Crippen molar-refractivity contribution in [3.05, 3.63) is 45.5 Å². The Morgan fingerprint density at radius 2 is 1.89 bits per heavy atom. The molecular weight excluding hydrogens is 252 g/mol. The summed E-state index contributed by atoms with van der Waals surface area (Å²) in [6.45, 7) is 0. The Bertz CT molecular complexity index is 725. The van der Waals surface area contributed by atoms with Crippen LogP contribution in [0.4, 0.5) is 17.6 Å². The molecule has 0 saturated heterocycles. The largest absolute Gasteiger partial charge is 0.416 e. The van der Waals surface area contributed by atoms with Gasteiger partial charge in [0.05, 0.1) is 11.1 Å². The molecule has 0 spiro atoms. The zero-order valence-corrected chi connectivity index (χ0v) is 8.60. The van der Waals surface area contributed by atoms with Crippen LogP contribution in [0.1, 0.15) is 11.1 Å². The normalized spacial score (nSPS) is 11.5. The van der Waals surface area contributed by atoms with Crippen LogP contribution in [0.15, 0.2) is 23.0 Å². The molecule has 7 heteroatoms. The minimum atomic E-state index is -4.70. The minimum Gasteiger partial charge on any atom is -0.318 e. The van der Waals surface area contributed by atoms with E-state index in [1.165, 1.54) is 6.07 Å². The SMILES string of the molecule is N#Cc1cc2cc(C(F)(F)F)cc(F)c2[nH]c1=O. The van der Waals surface area contributed by atoms with Crippen molar-refractivity contribution in [1.82, 2.24) is 4.98 Å². The summed E-state index contributed by atoms with van der Waals surface area (Å²) in [5.41, 5.74) is -2.75. The topological polar surface area (TPSA) is 56.6 Å². The van der Waals surface area contributed by atoms with Crippen molar-refractivity contribution < 1.29 is 17.6 Å². The Morgan fingerprint density at radius 1 is 1.22 bits per heavy atom. The summed E-state index contributed by atoms with van der Waals surface area (Å²) < 4.78 is 50.8. The van der Waals surface area contributed by atoms with Gasteiger partial charge < -0.3 is 4.98 Å². The van der Waals surface area contributed by atoms with Crippen molar-refractivity contribution in [2.75, 3.05) is 0 Å². The van der Waals surface area contributed by atoms with Crippen LogP contribution in [-0.4, -0.2) is 4.98 Å². The standard InChI is InChI=1S/C11H4F4N2O/c12-8-3-7(11(13,14)15)2-5-1-6(4-16)10(18)17-9(5)8/h1-3H,(H,17,18). The molecule has 0 bridgehead atoms. The highest BCUT2D eigenvalue weighted by atomic mass is 19.4. The lowest BCUT2D eigenvalue weighted by molar-refractivity contribution is -0.137. The molecule has 0 aliphatic carbocycles. The molecule has 0 unspecified atom stereocenters. The minimum absolute atomic E-state index is 0.182. The Balaban J connectivity index is 2.85. The van der Waals surface area contributed by atoms with Crippen LogP contribution in [0, 0.1) is 17.1 Å². The van der Waals surface area contributed by atoms with E-state index in [9.17, 15) is 22.4 Å². The Labute approximate surface area is 97.3 Å². The van der Waals surface area contributed by atoms with Crippen LogP contribution < -0.4 is 5.56 Å². The van der Waals surface area contributed by atoms with E-state index in [0.717, 1.165) is 6.07 Å². The van der Waals surface area contributed by atoms with Crippen molar-refractivity contribution >= 4 is 10.9 Å². The van der Waals surface area contributed by atoms with Crippen molar-refractivity contribution in [1.29, 1.82) is 5.26 Å². The van der Waals surface area contributed by atoms with E-state index in [1.54, 1.807) is 0 Å².